The van der Waals surface area contributed by atoms with Gasteiger partial charge in [0.25, 0.3) is 9.05 Å². The Balaban J connectivity index is 3.17. The molecule has 1 aromatic carbocycles. The van der Waals surface area contributed by atoms with Crippen LogP contribution >= 0.6 is 10.7 Å². The topological polar surface area (TPSA) is 43.4 Å². The molecule has 0 unspecified atom stereocenters. The molecule has 0 bridgehead atoms. The van der Waals surface area contributed by atoms with Gasteiger partial charge < -0.3 is 4.74 Å². The Kier molecular flexibility index (Phi) is 4.21. The van der Waals surface area contributed by atoms with E-state index in [2.05, 4.69) is 0 Å². The fourth-order valence-corrected chi connectivity index (χ4v) is 2.15. The summed E-state index contributed by atoms with van der Waals surface area (Å²) in [5, 5.41) is 0. The van der Waals surface area contributed by atoms with Gasteiger partial charge in [0.15, 0.2) is 0 Å². The number of hydrogen-bond donors (Lipinski definition) is 0. The average molecular weight is 263 g/mol. The molecule has 0 radical (unpaired) electrons. The van der Waals surface area contributed by atoms with Crippen LogP contribution in [-0.4, -0.2) is 14.5 Å². The smallest absolute Gasteiger partial charge is 0.261 e. The van der Waals surface area contributed by atoms with Gasteiger partial charge in [0.2, 0.25) is 0 Å². The second-order valence-corrected chi connectivity index (χ2v) is 6.29. The maximum absolute atomic E-state index is 11.2. The molecule has 0 spiro atoms. The van der Waals surface area contributed by atoms with E-state index in [0.717, 1.165) is 5.56 Å². The molecule has 1 aromatic rings. The molecule has 0 N–H and O–H groups in total. The Morgan fingerprint density at radius 1 is 1.38 bits per heavy atom. The molecule has 0 saturated carbocycles. The Labute approximate surface area is 101 Å². The van der Waals surface area contributed by atoms with E-state index in [0.29, 0.717) is 12.2 Å². The van der Waals surface area contributed by atoms with Crippen LogP contribution in [0.4, 0.5) is 0 Å². The number of hydrogen-bond acceptors (Lipinski definition) is 3. The van der Waals surface area contributed by atoms with Crippen molar-refractivity contribution in [3.05, 3.63) is 23.8 Å². The van der Waals surface area contributed by atoms with E-state index in [1.54, 1.807) is 12.1 Å². The fraction of sp³-hybridized carbons (Fsp3) is 0.455. The van der Waals surface area contributed by atoms with E-state index < -0.39 is 9.05 Å². The third-order valence-electron chi connectivity index (χ3n) is 2.06. The zero-order valence-electron chi connectivity index (χ0n) is 9.53. The van der Waals surface area contributed by atoms with Crippen molar-refractivity contribution in [2.24, 2.45) is 0 Å². The van der Waals surface area contributed by atoms with Gasteiger partial charge in [0, 0.05) is 10.7 Å². The largest absolute Gasteiger partial charge is 0.491 e. The van der Waals surface area contributed by atoms with Gasteiger partial charge in [-0.05, 0) is 44.0 Å². The van der Waals surface area contributed by atoms with Crippen molar-refractivity contribution in [3.8, 4) is 5.75 Å². The van der Waals surface area contributed by atoms with Crippen molar-refractivity contribution < 1.29 is 13.2 Å². The Morgan fingerprint density at radius 3 is 2.44 bits per heavy atom. The highest BCUT2D eigenvalue weighted by Gasteiger charge is 2.13. The molecule has 0 aliphatic heterocycles. The van der Waals surface area contributed by atoms with Gasteiger partial charge in [0.05, 0.1) is 11.0 Å². The van der Waals surface area contributed by atoms with Gasteiger partial charge in [-0.25, -0.2) is 8.42 Å². The maximum atomic E-state index is 11.2. The monoisotopic (exact) mass is 262 g/mol. The van der Waals surface area contributed by atoms with Crippen molar-refractivity contribution in [3.63, 3.8) is 0 Å². The molecule has 1 rings (SSSR count). The van der Waals surface area contributed by atoms with Crippen molar-refractivity contribution in [2.75, 3.05) is 0 Å². The minimum absolute atomic E-state index is 0.0590. The van der Waals surface area contributed by atoms with Crippen molar-refractivity contribution in [1.82, 2.24) is 0 Å². The second-order valence-electron chi connectivity index (χ2n) is 3.73. The molecular weight excluding hydrogens is 248 g/mol. The first kappa shape index (κ1) is 13.3. The first-order valence-corrected chi connectivity index (χ1v) is 7.39. The normalized spacial score (nSPS) is 11.8. The van der Waals surface area contributed by atoms with E-state index in [9.17, 15) is 8.42 Å². The van der Waals surface area contributed by atoms with Crippen molar-refractivity contribution >= 4 is 19.7 Å². The van der Waals surface area contributed by atoms with Gasteiger partial charge in [-0.15, -0.1) is 0 Å². The third-order valence-corrected chi connectivity index (χ3v) is 3.41. The molecule has 0 aliphatic rings. The van der Waals surface area contributed by atoms with Crippen LogP contribution in [0.2, 0.25) is 0 Å². The zero-order chi connectivity index (χ0) is 12.3. The Bertz CT molecular complexity index is 466. The lowest BCUT2D eigenvalue weighted by atomic mass is 10.1. The molecule has 90 valence electrons. The van der Waals surface area contributed by atoms with E-state index >= 15 is 0 Å². The summed E-state index contributed by atoms with van der Waals surface area (Å²) >= 11 is 0. The first-order chi connectivity index (χ1) is 7.34. The van der Waals surface area contributed by atoms with Gasteiger partial charge in [-0.2, -0.15) is 0 Å². The zero-order valence-corrected chi connectivity index (χ0v) is 11.1. The summed E-state index contributed by atoms with van der Waals surface area (Å²) in [6, 6.07) is 4.66. The summed E-state index contributed by atoms with van der Waals surface area (Å²) in [5.74, 6) is 0.710. The lowest BCUT2D eigenvalue weighted by molar-refractivity contribution is 0.240. The van der Waals surface area contributed by atoms with E-state index in [1.807, 2.05) is 20.8 Å². The Morgan fingerprint density at radius 2 is 2.00 bits per heavy atom. The van der Waals surface area contributed by atoms with Crippen LogP contribution in [0, 0.1) is 0 Å². The molecule has 0 fully saturated rings. The van der Waals surface area contributed by atoms with Crippen molar-refractivity contribution in [1.29, 1.82) is 0 Å². The maximum Gasteiger partial charge on any atom is 0.261 e. The molecule has 0 aliphatic carbocycles. The average Bonchev–Trinajstić information content (AvgIpc) is 2.15. The SMILES string of the molecule is CCc1cc(S(=O)(=O)Cl)ccc1OC(C)C. The predicted octanol–water partition coefficient (Wildman–Crippen LogP) is 2.96. The number of benzene rings is 1. The van der Waals surface area contributed by atoms with Crippen LogP contribution in [-0.2, 0) is 15.5 Å². The molecule has 0 saturated heterocycles. The van der Waals surface area contributed by atoms with Crippen LogP contribution in [0.3, 0.4) is 0 Å². The standard InChI is InChI=1S/C11H15ClO3S/c1-4-9-7-10(16(12,13)14)5-6-11(9)15-8(2)3/h5-8H,4H2,1-3H3. The minimum Gasteiger partial charge on any atom is -0.491 e. The summed E-state index contributed by atoms with van der Waals surface area (Å²) in [6.07, 6.45) is 0.756. The molecule has 5 heteroatoms. The fourth-order valence-electron chi connectivity index (χ4n) is 1.35. The Hall–Kier alpha value is -0.740. The van der Waals surface area contributed by atoms with E-state index in [1.165, 1.54) is 6.07 Å². The second kappa shape index (κ2) is 5.06. The highest BCUT2D eigenvalue weighted by molar-refractivity contribution is 8.13. The molecule has 16 heavy (non-hydrogen) atoms. The van der Waals surface area contributed by atoms with Crippen molar-refractivity contribution in [2.45, 2.75) is 38.2 Å². The summed E-state index contributed by atoms with van der Waals surface area (Å²) in [4.78, 5) is 0.113. The van der Waals surface area contributed by atoms with Crippen LogP contribution < -0.4 is 4.74 Å². The van der Waals surface area contributed by atoms with E-state index in [-0.39, 0.29) is 11.0 Å². The summed E-state index contributed by atoms with van der Waals surface area (Å²) < 4.78 is 27.9. The summed E-state index contributed by atoms with van der Waals surface area (Å²) in [5.41, 5.74) is 0.843. The van der Waals surface area contributed by atoms with Crippen LogP contribution in [0.1, 0.15) is 26.3 Å². The number of ether oxygens (including phenoxy) is 1. The lowest BCUT2D eigenvalue weighted by Crippen LogP contribution is -2.07. The lowest BCUT2D eigenvalue weighted by Gasteiger charge is -2.13. The van der Waals surface area contributed by atoms with Crippen LogP contribution in [0.25, 0.3) is 0 Å². The molecule has 0 atom stereocenters. The highest BCUT2D eigenvalue weighted by atomic mass is 35.7. The quantitative estimate of drug-likeness (QED) is 0.784. The highest BCUT2D eigenvalue weighted by Crippen LogP contribution is 2.25. The minimum atomic E-state index is -3.66. The predicted molar refractivity (Wildman–Crippen MR) is 64.6 cm³/mol. The van der Waals surface area contributed by atoms with Crippen LogP contribution in [0.15, 0.2) is 23.1 Å². The van der Waals surface area contributed by atoms with Crippen LogP contribution in [0.5, 0.6) is 5.75 Å². The van der Waals surface area contributed by atoms with Gasteiger partial charge >= 0.3 is 0 Å². The van der Waals surface area contributed by atoms with Gasteiger partial charge in [-0.1, -0.05) is 6.92 Å². The number of halogens is 1. The summed E-state index contributed by atoms with van der Waals surface area (Å²) in [6.45, 7) is 5.78. The van der Waals surface area contributed by atoms with E-state index in [4.69, 9.17) is 15.4 Å². The molecule has 0 heterocycles. The molecular formula is C11H15ClO3S. The number of rotatable bonds is 4. The van der Waals surface area contributed by atoms with Gasteiger partial charge in [-0.3, -0.25) is 0 Å². The first-order valence-electron chi connectivity index (χ1n) is 5.08. The molecule has 3 nitrogen and oxygen atoms in total. The molecule has 0 amide bonds. The summed E-state index contributed by atoms with van der Waals surface area (Å²) in [7, 11) is 1.61. The third kappa shape index (κ3) is 3.39. The van der Waals surface area contributed by atoms with Gasteiger partial charge in [0.1, 0.15) is 5.75 Å². The number of aryl methyl sites for hydroxylation is 1. The molecule has 0 aromatic heterocycles.